The molecule has 0 aliphatic carbocycles. The molecule has 0 radical (unpaired) electrons. The van der Waals surface area contributed by atoms with Crippen molar-refractivity contribution in [1.82, 2.24) is 9.78 Å². The zero-order valence-corrected chi connectivity index (χ0v) is 14.2. The van der Waals surface area contributed by atoms with E-state index in [1.165, 1.54) is 4.68 Å². The minimum atomic E-state index is -0.725. The first kappa shape index (κ1) is 17.0. The van der Waals surface area contributed by atoms with Crippen molar-refractivity contribution in [3.63, 3.8) is 0 Å². The molecule has 25 heavy (non-hydrogen) atoms. The van der Waals surface area contributed by atoms with Gasteiger partial charge in [0.2, 0.25) is 6.54 Å². The molecule has 7 heteroatoms. The summed E-state index contributed by atoms with van der Waals surface area (Å²) in [6.07, 6.45) is 0. The molecule has 128 valence electrons. The van der Waals surface area contributed by atoms with Crippen LogP contribution in [0.5, 0.6) is 0 Å². The maximum atomic E-state index is 13.0. The first-order chi connectivity index (χ1) is 12.0. The maximum Gasteiger partial charge on any atom is 0.275 e. The zero-order chi connectivity index (χ0) is 18.0. The molecule has 2 aromatic carbocycles. The lowest BCUT2D eigenvalue weighted by molar-refractivity contribution is -0.481. The molecule has 1 aromatic heterocycles. The van der Waals surface area contributed by atoms with E-state index in [-0.39, 0.29) is 5.56 Å². The lowest BCUT2D eigenvalue weighted by Crippen LogP contribution is -2.24. The highest BCUT2D eigenvalue weighted by atomic mass is 35.5. The van der Waals surface area contributed by atoms with Gasteiger partial charge in [-0.25, -0.2) is 4.68 Å². The van der Waals surface area contributed by atoms with Crippen LogP contribution in [0.1, 0.15) is 22.7 Å². The highest BCUT2D eigenvalue weighted by Gasteiger charge is 2.29. The van der Waals surface area contributed by atoms with Gasteiger partial charge >= 0.3 is 0 Å². The van der Waals surface area contributed by atoms with E-state index >= 15 is 0 Å². The summed E-state index contributed by atoms with van der Waals surface area (Å²) in [5.41, 5.74) is 1.87. The van der Waals surface area contributed by atoms with Crippen molar-refractivity contribution in [2.24, 2.45) is 0 Å². The fourth-order valence-corrected chi connectivity index (χ4v) is 3.25. The SMILES string of the molecule is Cc1[nH]n(-c2ccccc2)c(=O)c1[C@H](C[N+](=O)[O-])c1ccccc1Cl. The molecule has 0 bridgehead atoms. The predicted octanol–water partition coefficient (Wildman–Crippen LogP) is 3.54. The molecule has 0 saturated carbocycles. The van der Waals surface area contributed by atoms with Gasteiger partial charge < -0.3 is 0 Å². The van der Waals surface area contributed by atoms with Crippen LogP contribution in [0, 0.1) is 17.0 Å². The van der Waals surface area contributed by atoms with Gasteiger partial charge in [0, 0.05) is 15.6 Å². The first-order valence-electron chi connectivity index (χ1n) is 7.72. The Kier molecular flexibility index (Phi) is 4.72. The zero-order valence-electron chi connectivity index (χ0n) is 13.5. The molecule has 0 aliphatic heterocycles. The van der Waals surface area contributed by atoms with Crippen LogP contribution >= 0.6 is 11.6 Å². The minimum absolute atomic E-state index is 0.310. The summed E-state index contributed by atoms with van der Waals surface area (Å²) >= 11 is 6.24. The van der Waals surface area contributed by atoms with Crippen molar-refractivity contribution in [2.45, 2.75) is 12.8 Å². The molecule has 0 amide bonds. The normalized spacial score (nSPS) is 12.1. The van der Waals surface area contributed by atoms with Crippen LogP contribution in [-0.2, 0) is 0 Å². The Balaban J connectivity index is 2.18. The lowest BCUT2D eigenvalue weighted by atomic mass is 9.91. The number of benzene rings is 2. The Labute approximate surface area is 148 Å². The summed E-state index contributed by atoms with van der Waals surface area (Å²) in [7, 11) is 0. The van der Waals surface area contributed by atoms with Gasteiger partial charge in [-0.15, -0.1) is 0 Å². The second-order valence-corrected chi connectivity index (χ2v) is 6.12. The average molecular weight is 358 g/mol. The van der Waals surface area contributed by atoms with E-state index in [9.17, 15) is 14.9 Å². The predicted molar refractivity (Wildman–Crippen MR) is 96.3 cm³/mol. The second kappa shape index (κ2) is 6.94. The summed E-state index contributed by atoms with van der Waals surface area (Å²) in [5.74, 6) is -0.725. The number of aromatic nitrogens is 2. The lowest BCUT2D eigenvalue weighted by Gasteiger charge is -2.13. The highest BCUT2D eigenvalue weighted by molar-refractivity contribution is 6.31. The van der Waals surface area contributed by atoms with Crippen LogP contribution in [0.25, 0.3) is 5.69 Å². The van der Waals surface area contributed by atoms with E-state index in [0.29, 0.717) is 27.5 Å². The molecule has 3 aromatic rings. The van der Waals surface area contributed by atoms with Crippen molar-refractivity contribution in [2.75, 3.05) is 6.54 Å². The third-order valence-electron chi connectivity index (χ3n) is 4.09. The molecule has 6 nitrogen and oxygen atoms in total. The topological polar surface area (TPSA) is 80.9 Å². The number of H-pyrrole nitrogens is 1. The molecule has 0 saturated heterocycles. The second-order valence-electron chi connectivity index (χ2n) is 5.72. The molecule has 0 fully saturated rings. The van der Waals surface area contributed by atoms with Gasteiger partial charge in [0.15, 0.2) is 0 Å². The maximum absolute atomic E-state index is 13.0. The number of hydrogen-bond donors (Lipinski definition) is 1. The van der Waals surface area contributed by atoms with Crippen LogP contribution < -0.4 is 5.56 Å². The van der Waals surface area contributed by atoms with E-state index in [1.54, 1.807) is 43.3 Å². The molecule has 1 N–H and O–H groups in total. The van der Waals surface area contributed by atoms with Crippen LogP contribution in [0.2, 0.25) is 5.02 Å². The number of nitrogens with zero attached hydrogens (tertiary/aromatic N) is 2. The Morgan fingerprint density at radius 3 is 2.44 bits per heavy atom. The van der Waals surface area contributed by atoms with Gasteiger partial charge in [0.05, 0.1) is 17.2 Å². The number of rotatable bonds is 5. The fraction of sp³-hybridized carbons (Fsp3) is 0.167. The number of hydrogen-bond acceptors (Lipinski definition) is 3. The molecule has 1 heterocycles. The third kappa shape index (κ3) is 3.34. The minimum Gasteiger partial charge on any atom is -0.295 e. The third-order valence-corrected chi connectivity index (χ3v) is 4.44. The Morgan fingerprint density at radius 1 is 1.16 bits per heavy atom. The van der Waals surface area contributed by atoms with Crippen molar-refractivity contribution in [1.29, 1.82) is 0 Å². The van der Waals surface area contributed by atoms with Gasteiger partial charge in [0.25, 0.3) is 5.56 Å². The van der Waals surface area contributed by atoms with Crippen LogP contribution in [0.15, 0.2) is 59.4 Å². The van der Waals surface area contributed by atoms with Crippen molar-refractivity contribution >= 4 is 11.6 Å². The fourth-order valence-electron chi connectivity index (χ4n) is 2.98. The quantitative estimate of drug-likeness (QED) is 0.560. The molecule has 3 rings (SSSR count). The Morgan fingerprint density at radius 2 is 1.80 bits per heavy atom. The van der Waals surface area contributed by atoms with E-state index in [2.05, 4.69) is 5.10 Å². The number of halogens is 1. The summed E-state index contributed by atoms with van der Waals surface area (Å²) in [5, 5.41) is 14.6. The van der Waals surface area contributed by atoms with Gasteiger partial charge in [-0.3, -0.25) is 20.0 Å². The van der Waals surface area contributed by atoms with E-state index in [4.69, 9.17) is 11.6 Å². The van der Waals surface area contributed by atoms with Gasteiger partial charge in [-0.2, -0.15) is 0 Å². The summed E-state index contributed by atoms with van der Waals surface area (Å²) in [6.45, 7) is 1.33. The van der Waals surface area contributed by atoms with E-state index in [0.717, 1.165) is 0 Å². The summed E-state index contributed by atoms with van der Waals surface area (Å²) in [6, 6.07) is 16.0. The van der Waals surface area contributed by atoms with Crippen LogP contribution in [-0.4, -0.2) is 21.2 Å². The standard InChI is InChI=1S/C18H16ClN3O3/c1-12-17(18(23)22(20-12)13-7-3-2-4-8-13)15(11-21(24)25)14-9-5-6-10-16(14)19/h2-10,15,20H,11H2,1H3/t15-/m1/s1. The largest absolute Gasteiger partial charge is 0.295 e. The van der Waals surface area contributed by atoms with Crippen LogP contribution in [0.3, 0.4) is 0 Å². The number of para-hydroxylation sites is 1. The highest BCUT2D eigenvalue weighted by Crippen LogP contribution is 2.30. The van der Waals surface area contributed by atoms with Crippen molar-refractivity contribution in [3.8, 4) is 5.69 Å². The number of aryl methyl sites for hydroxylation is 1. The smallest absolute Gasteiger partial charge is 0.275 e. The van der Waals surface area contributed by atoms with Gasteiger partial charge in [-0.1, -0.05) is 48.0 Å². The summed E-state index contributed by atoms with van der Waals surface area (Å²) < 4.78 is 1.40. The van der Waals surface area contributed by atoms with Gasteiger partial charge in [0.1, 0.15) is 0 Å². The Hall–Kier alpha value is -2.86. The molecule has 0 spiro atoms. The summed E-state index contributed by atoms with van der Waals surface area (Å²) in [4.78, 5) is 23.8. The molecular formula is C18H16ClN3O3. The van der Waals surface area contributed by atoms with Crippen LogP contribution in [0.4, 0.5) is 0 Å². The molecule has 0 unspecified atom stereocenters. The molecule has 1 atom stereocenters. The van der Waals surface area contributed by atoms with E-state index < -0.39 is 17.4 Å². The number of nitro groups is 1. The number of aromatic amines is 1. The van der Waals surface area contributed by atoms with Gasteiger partial charge in [-0.05, 0) is 30.7 Å². The molecule has 0 aliphatic rings. The number of nitrogens with one attached hydrogen (secondary N) is 1. The van der Waals surface area contributed by atoms with E-state index in [1.807, 2.05) is 18.2 Å². The average Bonchev–Trinajstić information content (AvgIpc) is 2.89. The Bertz CT molecular complexity index is 963. The monoisotopic (exact) mass is 357 g/mol. The first-order valence-corrected chi connectivity index (χ1v) is 8.10. The van der Waals surface area contributed by atoms with Crippen molar-refractivity contribution in [3.05, 3.63) is 96.9 Å². The molecular weight excluding hydrogens is 342 g/mol. The van der Waals surface area contributed by atoms with Crippen molar-refractivity contribution < 1.29 is 4.92 Å².